The van der Waals surface area contributed by atoms with Gasteiger partial charge in [-0.25, -0.2) is 0 Å². The number of fused-ring (bicyclic) bond motifs is 1. The van der Waals surface area contributed by atoms with Crippen LogP contribution in [0.1, 0.15) is 17.4 Å². The predicted octanol–water partition coefficient (Wildman–Crippen LogP) is 1.73. The van der Waals surface area contributed by atoms with Gasteiger partial charge in [0.25, 0.3) is 20.2 Å². The Morgan fingerprint density at radius 3 is 2.03 bits per heavy atom. The Labute approximate surface area is 198 Å². The molecule has 2 fully saturated rings. The Hall–Kier alpha value is -1.90. The molecule has 2 aromatic rings. The molecule has 0 bridgehead atoms. The SMILES string of the molecule is CS(=O)(=O)O[C@@H]1[C@@H](OS(C)(=O)=O)[C@H](OCc2ccccc2)O[C@H]2CO[C@@H](c3ccccc3)O[C@@H]12. The van der Waals surface area contributed by atoms with Crippen LogP contribution in [0.15, 0.2) is 60.7 Å². The Morgan fingerprint density at radius 2 is 1.41 bits per heavy atom. The van der Waals surface area contributed by atoms with Crippen molar-refractivity contribution in [3.05, 3.63) is 71.8 Å². The highest BCUT2D eigenvalue weighted by Gasteiger charge is 2.54. The lowest BCUT2D eigenvalue weighted by Gasteiger charge is -2.47. The van der Waals surface area contributed by atoms with Gasteiger partial charge in [0.15, 0.2) is 18.7 Å². The van der Waals surface area contributed by atoms with E-state index in [1.165, 1.54) is 0 Å². The number of benzene rings is 2. The molecule has 0 aliphatic carbocycles. The quantitative estimate of drug-likeness (QED) is 0.481. The average molecular weight is 515 g/mol. The molecule has 2 heterocycles. The Balaban J connectivity index is 1.63. The molecule has 10 nitrogen and oxygen atoms in total. The fraction of sp³-hybridized carbons (Fsp3) is 0.455. The molecule has 0 radical (unpaired) electrons. The Kier molecular flexibility index (Phi) is 7.69. The van der Waals surface area contributed by atoms with Gasteiger partial charge in [-0.15, -0.1) is 0 Å². The Morgan fingerprint density at radius 1 is 0.824 bits per heavy atom. The maximum atomic E-state index is 12.1. The molecule has 6 atom stereocenters. The van der Waals surface area contributed by atoms with Crippen LogP contribution < -0.4 is 0 Å². The van der Waals surface area contributed by atoms with Crippen LogP contribution in [-0.2, 0) is 54.2 Å². The molecule has 2 saturated heterocycles. The van der Waals surface area contributed by atoms with Crippen molar-refractivity contribution >= 4 is 20.2 Å². The van der Waals surface area contributed by atoms with Gasteiger partial charge in [0, 0.05) is 5.56 Å². The second kappa shape index (κ2) is 10.4. The molecule has 0 saturated carbocycles. The summed E-state index contributed by atoms with van der Waals surface area (Å²) in [6.45, 7) is 0.0944. The first-order valence-corrected chi connectivity index (χ1v) is 14.1. The summed E-state index contributed by atoms with van der Waals surface area (Å²) in [5.74, 6) is 0. The van der Waals surface area contributed by atoms with Gasteiger partial charge in [-0.05, 0) is 5.56 Å². The highest BCUT2D eigenvalue weighted by molar-refractivity contribution is 7.86. The van der Waals surface area contributed by atoms with Crippen LogP contribution >= 0.6 is 0 Å². The Bertz CT molecular complexity index is 1150. The largest absolute Gasteiger partial charge is 0.346 e. The predicted molar refractivity (Wildman–Crippen MR) is 119 cm³/mol. The minimum absolute atomic E-state index is 0.0324. The van der Waals surface area contributed by atoms with Crippen molar-refractivity contribution < 1.29 is 44.1 Å². The highest BCUT2D eigenvalue weighted by Crippen LogP contribution is 2.37. The second-order valence-electron chi connectivity index (χ2n) is 8.05. The van der Waals surface area contributed by atoms with Crippen molar-refractivity contribution in [3.8, 4) is 0 Å². The summed E-state index contributed by atoms with van der Waals surface area (Å²) >= 11 is 0. The molecule has 2 aliphatic rings. The van der Waals surface area contributed by atoms with Crippen LogP contribution in [0.4, 0.5) is 0 Å². The van der Waals surface area contributed by atoms with Gasteiger partial charge < -0.3 is 18.9 Å². The summed E-state index contributed by atoms with van der Waals surface area (Å²) in [6.07, 6.45) is -5.04. The zero-order chi connectivity index (χ0) is 24.3. The van der Waals surface area contributed by atoms with E-state index in [1.54, 1.807) is 24.3 Å². The lowest BCUT2D eigenvalue weighted by Crippen LogP contribution is -2.64. The van der Waals surface area contributed by atoms with Crippen LogP contribution in [0.2, 0.25) is 0 Å². The highest BCUT2D eigenvalue weighted by atomic mass is 32.2. The van der Waals surface area contributed by atoms with Crippen molar-refractivity contribution in [3.63, 3.8) is 0 Å². The first-order valence-electron chi connectivity index (χ1n) is 10.5. The van der Waals surface area contributed by atoms with E-state index in [9.17, 15) is 16.8 Å². The van der Waals surface area contributed by atoms with Crippen LogP contribution in [0.3, 0.4) is 0 Å². The monoisotopic (exact) mass is 514 g/mol. The van der Waals surface area contributed by atoms with E-state index in [0.717, 1.165) is 18.1 Å². The van der Waals surface area contributed by atoms with Gasteiger partial charge >= 0.3 is 0 Å². The molecule has 0 N–H and O–H groups in total. The van der Waals surface area contributed by atoms with Gasteiger partial charge in [-0.1, -0.05) is 60.7 Å². The van der Waals surface area contributed by atoms with Gasteiger partial charge in [-0.3, -0.25) is 8.37 Å². The maximum absolute atomic E-state index is 12.1. The normalized spacial score (nSPS) is 29.9. The molecular formula is C22H26O10S2. The molecule has 34 heavy (non-hydrogen) atoms. The van der Waals surface area contributed by atoms with Crippen LogP contribution in [-0.4, -0.2) is 66.7 Å². The molecule has 0 amide bonds. The first kappa shape index (κ1) is 25.2. The van der Waals surface area contributed by atoms with E-state index in [0.29, 0.717) is 5.56 Å². The van der Waals surface area contributed by atoms with E-state index in [4.69, 9.17) is 27.3 Å². The molecule has 2 aliphatic heterocycles. The summed E-state index contributed by atoms with van der Waals surface area (Å²) in [5, 5.41) is 0. The molecule has 0 aromatic heterocycles. The topological polar surface area (TPSA) is 124 Å². The van der Waals surface area contributed by atoms with E-state index >= 15 is 0 Å². The van der Waals surface area contributed by atoms with Crippen LogP contribution in [0, 0.1) is 0 Å². The van der Waals surface area contributed by atoms with Crippen molar-refractivity contribution in [2.75, 3.05) is 19.1 Å². The molecule has 2 aromatic carbocycles. The van der Waals surface area contributed by atoms with Gasteiger partial charge in [-0.2, -0.15) is 16.8 Å². The van der Waals surface area contributed by atoms with E-state index in [-0.39, 0.29) is 13.2 Å². The summed E-state index contributed by atoms with van der Waals surface area (Å²) in [7, 11) is -8.10. The summed E-state index contributed by atoms with van der Waals surface area (Å²) in [4.78, 5) is 0. The smallest absolute Gasteiger partial charge is 0.264 e. The van der Waals surface area contributed by atoms with Gasteiger partial charge in [0.05, 0.1) is 25.7 Å². The summed E-state index contributed by atoms with van der Waals surface area (Å²) in [6, 6.07) is 18.1. The third-order valence-corrected chi connectivity index (χ3v) is 6.33. The van der Waals surface area contributed by atoms with E-state index in [1.807, 2.05) is 36.4 Å². The first-order chi connectivity index (χ1) is 16.1. The van der Waals surface area contributed by atoms with Gasteiger partial charge in [0.1, 0.15) is 18.3 Å². The number of rotatable bonds is 8. The summed E-state index contributed by atoms with van der Waals surface area (Å²) in [5.41, 5.74) is 1.49. The second-order valence-corrected chi connectivity index (χ2v) is 11.2. The fourth-order valence-corrected chi connectivity index (χ4v) is 5.06. The summed E-state index contributed by atoms with van der Waals surface area (Å²) < 4.78 is 82.6. The van der Waals surface area contributed by atoms with Crippen LogP contribution in [0.5, 0.6) is 0 Å². The van der Waals surface area contributed by atoms with E-state index in [2.05, 4.69) is 0 Å². The fourth-order valence-electron chi connectivity index (χ4n) is 3.83. The van der Waals surface area contributed by atoms with Gasteiger partial charge in [0.2, 0.25) is 0 Å². The molecule has 0 spiro atoms. The minimum atomic E-state index is -4.05. The molecule has 186 valence electrons. The molecule has 0 unspecified atom stereocenters. The van der Waals surface area contributed by atoms with E-state index < -0.39 is 57.2 Å². The van der Waals surface area contributed by atoms with Crippen molar-refractivity contribution in [2.24, 2.45) is 0 Å². The number of hydrogen-bond donors (Lipinski definition) is 0. The third-order valence-electron chi connectivity index (χ3n) is 5.18. The molecular weight excluding hydrogens is 488 g/mol. The minimum Gasteiger partial charge on any atom is -0.346 e. The van der Waals surface area contributed by atoms with Crippen molar-refractivity contribution in [1.29, 1.82) is 0 Å². The third kappa shape index (κ3) is 6.61. The standard InChI is InChI=1S/C22H26O10S2/c1-33(23,24)31-19-18-17(14-28-21(30-18)16-11-7-4-8-12-16)29-22(20(19)32-34(2,25)26)27-13-15-9-5-3-6-10-15/h3-12,17-22H,13-14H2,1-2H3/t17-,18+,19-,20+,21+,22+/m0/s1. The number of hydrogen-bond acceptors (Lipinski definition) is 10. The average Bonchev–Trinajstić information content (AvgIpc) is 2.79. The van der Waals surface area contributed by atoms with Crippen molar-refractivity contribution in [2.45, 2.75) is 43.6 Å². The lowest BCUT2D eigenvalue weighted by molar-refractivity contribution is -0.355. The molecule has 4 rings (SSSR count). The maximum Gasteiger partial charge on any atom is 0.264 e. The van der Waals surface area contributed by atoms with Crippen LogP contribution in [0.25, 0.3) is 0 Å². The zero-order valence-electron chi connectivity index (χ0n) is 18.6. The number of ether oxygens (including phenoxy) is 4. The zero-order valence-corrected chi connectivity index (χ0v) is 20.2. The molecule has 12 heteroatoms. The lowest BCUT2D eigenvalue weighted by atomic mass is 9.98. The van der Waals surface area contributed by atoms with Crippen molar-refractivity contribution in [1.82, 2.24) is 0 Å².